The number of carbonyl (C=O) groups is 2. The minimum Gasteiger partial charge on any atom is -0.462 e. The van der Waals surface area contributed by atoms with Crippen LogP contribution < -0.4 is 10.6 Å². The van der Waals surface area contributed by atoms with E-state index in [1.807, 2.05) is 30.3 Å². The monoisotopic (exact) mass is 414 g/mol. The summed E-state index contributed by atoms with van der Waals surface area (Å²) in [5.74, 6) is -0.557. The third-order valence-corrected chi connectivity index (χ3v) is 5.43. The van der Waals surface area contributed by atoms with Gasteiger partial charge in [0.05, 0.1) is 23.6 Å². The van der Waals surface area contributed by atoms with E-state index in [0.29, 0.717) is 20.7 Å². The molecule has 1 heterocycles. The SMILES string of the molecule is CCOC(=O)c1ccccc1NC(=O)CSc1nnc(Nc2ccccc2)s1. The Morgan fingerprint density at radius 2 is 1.82 bits per heavy atom. The minimum absolute atomic E-state index is 0.150. The van der Waals surface area contributed by atoms with Gasteiger partial charge in [0.15, 0.2) is 4.34 Å². The van der Waals surface area contributed by atoms with Gasteiger partial charge >= 0.3 is 5.97 Å². The van der Waals surface area contributed by atoms with E-state index in [-0.39, 0.29) is 18.3 Å². The molecule has 0 unspecified atom stereocenters. The van der Waals surface area contributed by atoms with Gasteiger partial charge in [0.1, 0.15) is 0 Å². The summed E-state index contributed by atoms with van der Waals surface area (Å²) < 4.78 is 5.69. The quantitative estimate of drug-likeness (QED) is 0.422. The number of esters is 1. The van der Waals surface area contributed by atoms with Gasteiger partial charge in [-0.05, 0) is 31.2 Å². The lowest BCUT2D eigenvalue weighted by Crippen LogP contribution is -2.17. The van der Waals surface area contributed by atoms with E-state index in [2.05, 4.69) is 20.8 Å². The lowest BCUT2D eigenvalue weighted by molar-refractivity contribution is -0.113. The maximum Gasteiger partial charge on any atom is 0.340 e. The van der Waals surface area contributed by atoms with E-state index in [1.54, 1.807) is 31.2 Å². The average molecular weight is 415 g/mol. The molecule has 144 valence electrons. The number of amides is 1. The van der Waals surface area contributed by atoms with Crippen LogP contribution in [0.3, 0.4) is 0 Å². The molecule has 9 heteroatoms. The van der Waals surface area contributed by atoms with E-state index < -0.39 is 5.97 Å². The maximum absolute atomic E-state index is 12.3. The fourth-order valence-corrected chi connectivity index (χ4v) is 3.83. The van der Waals surface area contributed by atoms with Gasteiger partial charge < -0.3 is 15.4 Å². The zero-order chi connectivity index (χ0) is 19.8. The molecule has 0 aliphatic rings. The summed E-state index contributed by atoms with van der Waals surface area (Å²) in [6.07, 6.45) is 0. The number of ether oxygens (including phenoxy) is 1. The lowest BCUT2D eigenvalue weighted by Gasteiger charge is -2.09. The molecule has 0 atom stereocenters. The first-order valence-corrected chi connectivity index (χ1v) is 10.3. The van der Waals surface area contributed by atoms with Crippen molar-refractivity contribution in [2.24, 2.45) is 0 Å². The zero-order valence-corrected chi connectivity index (χ0v) is 16.7. The maximum atomic E-state index is 12.3. The summed E-state index contributed by atoms with van der Waals surface area (Å²) in [5, 5.41) is 14.7. The molecular weight excluding hydrogens is 396 g/mol. The van der Waals surface area contributed by atoms with Crippen molar-refractivity contribution in [2.45, 2.75) is 11.3 Å². The second-order valence-electron chi connectivity index (χ2n) is 5.47. The zero-order valence-electron chi connectivity index (χ0n) is 15.0. The van der Waals surface area contributed by atoms with Crippen molar-refractivity contribution in [3.8, 4) is 0 Å². The van der Waals surface area contributed by atoms with Crippen molar-refractivity contribution in [3.05, 3.63) is 60.2 Å². The number of thioether (sulfide) groups is 1. The predicted molar refractivity (Wildman–Crippen MR) is 111 cm³/mol. The predicted octanol–water partition coefficient (Wildman–Crippen LogP) is 4.19. The molecule has 0 aliphatic carbocycles. The molecule has 3 rings (SSSR count). The Morgan fingerprint density at radius 3 is 2.61 bits per heavy atom. The van der Waals surface area contributed by atoms with Crippen LogP contribution in [0.25, 0.3) is 0 Å². The van der Waals surface area contributed by atoms with E-state index in [9.17, 15) is 9.59 Å². The number of anilines is 3. The second kappa shape index (κ2) is 9.86. The molecular formula is C19H18N4O3S2. The van der Waals surface area contributed by atoms with E-state index >= 15 is 0 Å². The van der Waals surface area contributed by atoms with E-state index in [1.165, 1.54) is 23.1 Å². The standard InChI is InChI=1S/C19H18N4O3S2/c1-2-26-17(25)14-10-6-7-11-15(14)21-16(24)12-27-19-23-22-18(28-19)20-13-8-4-3-5-9-13/h3-11H,2,12H2,1H3,(H,20,22)(H,21,24). The molecule has 0 bridgehead atoms. The Labute approximate surface area is 170 Å². The number of hydrogen-bond donors (Lipinski definition) is 2. The van der Waals surface area contributed by atoms with Gasteiger partial charge in [0, 0.05) is 5.69 Å². The smallest absolute Gasteiger partial charge is 0.340 e. The molecule has 0 saturated carbocycles. The number of aromatic nitrogens is 2. The summed E-state index contributed by atoms with van der Waals surface area (Å²) in [6, 6.07) is 16.4. The van der Waals surface area contributed by atoms with Crippen LogP contribution in [0.2, 0.25) is 0 Å². The Morgan fingerprint density at radius 1 is 1.07 bits per heavy atom. The molecule has 3 aromatic rings. The summed E-state index contributed by atoms with van der Waals surface area (Å²) in [5.41, 5.74) is 1.67. The fraction of sp³-hybridized carbons (Fsp3) is 0.158. The third kappa shape index (κ3) is 5.54. The van der Waals surface area contributed by atoms with Crippen LogP contribution in [0, 0.1) is 0 Å². The van der Waals surface area contributed by atoms with Gasteiger partial charge in [-0.2, -0.15) is 0 Å². The molecule has 0 radical (unpaired) electrons. The Balaban J connectivity index is 1.55. The lowest BCUT2D eigenvalue weighted by atomic mass is 10.2. The Hall–Kier alpha value is -2.91. The van der Waals surface area contributed by atoms with Crippen molar-refractivity contribution in [3.63, 3.8) is 0 Å². The van der Waals surface area contributed by atoms with Crippen molar-refractivity contribution >= 4 is 51.5 Å². The van der Waals surface area contributed by atoms with Crippen LogP contribution in [-0.4, -0.2) is 34.4 Å². The van der Waals surface area contributed by atoms with Crippen LogP contribution in [0.4, 0.5) is 16.5 Å². The van der Waals surface area contributed by atoms with Crippen LogP contribution in [0.15, 0.2) is 58.9 Å². The summed E-state index contributed by atoms with van der Waals surface area (Å²) in [6.45, 7) is 2.01. The number of benzene rings is 2. The highest BCUT2D eigenvalue weighted by atomic mass is 32.2. The van der Waals surface area contributed by atoms with Crippen LogP contribution in [-0.2, 0) is 9.53 Å². The molecule has 2 N–H and O–H groups in total. The first-order valence-electron chi connectivity index (χ1n) is 8.50. The van der Waals surface area contributed by atoms with Gasteiger partial charge in [-0.15, -0.1) is 10.2 Å². The molecule has 2 aromatic carbocycles. The number of nitrogens with one attached hydrogen (secondary N) is 2. The van der Waals surface area contributed by atoms with E-state index in [0.717, 1.165) is 5.69 Å². The molecule has 28 heavy (non-hydrogen) atoms. The van der Waals surface area contributed by atoms with Crippen molar-refractivity contribution < 1.29 is 14.3 Å². The molecule has 0 aliphatic heterocycles. The number of nitrogens with zero attached hydrogens (tertiary/aromatic N) is 2. The highest BCUT2D eigenvalue weighted by Crippen LogP contribution is 2.27. The Kier molecular flexibility index (Phi) is 6.99. The number of rotatable bonds is 8. The molecule has 0 saturated heterocycles. The third-order valence-electron chi connectivity index (χ3n) is 3.45. The number of para-hydroxylation sites is 2. The first-order chi connectivity index (χ1) is 13.7. The van der Waals surface area contributed by atoms with Gasteiger partial charge in [-0.1, -0.05) is 53.4 Å². The second-order valence-corrected chi connectivity index (χ2v) is 7.67. The largest absolute Gasteiger partial charge is 0.462 e. The molecule has 0 spiro atoms. The van der Waals surface area contributed by atoms with E-state index in [4.69, 9.17) is 4.74 Å². The normalized spacial score (nSPS) is 10.3. The Bertz CT molecular complexity index is 947. The molecule has 1 amide bonds. The van der Waals surface area contributed by atoms with Gasteiger partial charge in [-0.3, -0.25) is 4.79 Å². The summed E-state index contributed by atoms with van der Waals surface area (Å²) >= 11 is 2.65. The highest BCUT2D eigenvalue weighted by molar-refractivity contribution is 8.01. The van der Waals surface area contributed by atoms with Crippen molar-refractivity contribution in [1.29, 1.82) is 0 Å². The topological polar surface area (TPSA) is 93.2 Å². The highest BCUT2D eigenvalue weighted by Gasteiger charge is 2.15. The van der Waals surface area contributed by atoms with Gasteiger partial charge in [-0.25, -0.2) is 4.79 Å². The fourth-order valence-electron chi connectivity index (χ4n) is 2.26. The van der Waals surface area contributed by atoms with Gasteiger partial charge in [0.25, 0.3) is 0 Å². The number of hydrogen-bond acceptors (Lipinski definition) is 8. The van der Waals surface area contributed by atoms with Gasteiger partial charge in [0.2, 0.25) is 11.0 Å². The molecule has 7 nitrogen and oxygen atoms in total. The van der Waals surface area contributed by atoms with Crippen LogP contribution in [0.1, 0.15) is 17.3 Å². The molecule has 0 fully saturated rings. The summed E-state index contributed by atoms with van der Waals surface area (Å²) in [4.78, 5) is 24.2. The minimum atomic E-state index is -0.466. The summed E-state index contributed by atoms with van der Waals surface area (Å²) in [7, 11) is 0. The average Bonchev–Trinajstić information content (AvgIpc) is 3.15. The number of carbonyl (C=O) groups excluding carboxylic acids is 2. The molecule has 1 aromatic heterocycles. The first kappa shape index (κ1) is 19.8. The van der Waals surface area contributed by atoms with Crippen molar-refractivity contribution in [2.75, 3.05) is 23.0 Å². The van der Waals surface area contributed by atoms with Crippen LogP contribution in [0.5, 0.6) is 0 Å². The van der Waals surface area contributed by atoms with Crippen molar-refractivity contribution in [1.82, 2.24) is 10.2 Å². The van der Waals surface area contributed by atoms with Crippen LogP contribution >= 0.6 is 23.1 Å².